The van der Waals surface area contributed by atoms with Crippen LogP contribution < -0.4 is 4.74 Å². The van der Waals surface area contributed by atoms with E-state index >= 15 is 0 Å². The largest absolute Gasteiger partial charge is 0.487 e. The van der Waals surface area contributed by atoms with Gasteiger partial charge in [0.15, 0.2) is 6.29 Å². The molecule has 0 atom stereocenters. The zero-order valence-corrected chi connectivity index (χ0v) is 11.5. The third-order valence-electron chi connectivity index (χ3n) is 2.54. The molecule has 0 saturated carbocycles. The molecule has 0 aliphatic carbocycles. The summed E-state index contributed by atoms with van der Waals surface area (Å²) >= 11 is 1.58. The van der Waals surface area contributed by atoms with Gasteiger partial charge in [-0.15, -0.1) is 11.3 Å². The molecule has 0 spiro atoms. The molecule has 1 aromatic heterocycles. The minimum Gasteiger partial charge on any atom is -0.487 e. The lowest BCUT2D eigenvalue weighted by Crippen LogP contribution is -1.99. The lowest BCUT2D eigenvalue weighted by molar-refractivity contribution is 0.111. The zero-order chi connectivity index (χ0) is 13.8. The second-order valence-electron chi connectivity index (χ2n) is 4.42. The molecule has 0 radical (unpaired) electrons. The van der Waals surface area contributed by atoms with Gasteiger partial charge in [-0.1, -0.05) is 13.8 Å². The average molecular weight is 279 g/mol. The average Bonchev–Trinajstić information content (AvgIpc) is 2.86. The van der Waals surface area contributed by atoms with Gasteiger partial charge < -0.3 is 4.74 Å². The van der Waals surface area contributed by atoms with Gasteiger partial charge >= 0.3 is 0 Å². The van der Waals surface area contributed by atoms with Gasteiger partial charge in [0.1, 0.15) is 18.2 Å². The summed E-state index contributed by atoms with van der Waals surface area (Å²) in [5.74, 6) is 0.302. The lowest BCUT2D eigenvalue weighted by Gasteiger charge is -2.06. The maximum Gasteiger partial charge on any atom is 0.153 e. The van der Waals surface area contributed by atoms with Crippen LogP contribution >= 0.6 is 11.3 Å². The van der Waals surface area contributed by atoms with E-state index in [1.165, 1.54) is 12.1 Å². The number of nitrogens with zero attached hydrogens (tertiary/aromatic N) is 1. The molecule has 2 rings (SSSR count). The highest BCUT2D eigenvalue weighted by Crippen LogP contribution is 2.22. The second-order valence-corrected chi connectivity index (χ2v) is 5.31. The minimum atomic E-state index is -0.454. The molecule has 2 aromatic rings. The number of ether oxygens (including phenoxy) is 1. The van der Waals surface area contributed by atoms with Crippen LogP contribution in [-0.2, 0) is 6.61 Å². The van der Waals surface area contributed by atoms with Gasteiger partial charge in [-0.25, -0.2) is 9.37 Å². The predicted molar refractivity (Wildman–Crippen MR) is 72.3 cm³/mol. The summed E-state index contributed by atoms with van der Waals surface area (Å²) < 4.78 is 18.5. The Morgan fingerprint density at radius 2 is 2.26 bits per heavy atom. The van der Waals surface area contributed by atoms with Crippen LogP contribution in [0.25, 0.3) is 0 Å². The van der Waals surface area contributed by atoms with Gasteiger partial charge in [-0.2, -0.15) is 0 Å². The van der Waals surface area contributed by atoms with E-state index in [9.17, 15) is 9.18 Å². The van der Waals surface area contributed by atoms with Crippen LogP contribution in [0.1, 0.15) is 40.8 Å². The molecule has 3 nitrogen and oxygen atoms in total. The number of benzene rings is 1. The van der Waals surface area contributed by atoms with E-state index in [0.29, 0.717) is 18.0 Å². The Bertz CT molecular complexity index is 581. The van der Waals surface area contributed by atoms with Crippen molar-refractivity contribution in [2.24, 2.45) is 0 Å². The van der Waals surface area contributed by atoms with Crippen LogP contribution in [0, 0.1) is 5.82 Å². The van der Waals surface area contributed by atoms with E-state index in [4.69, 9.17) is 4.74 Å². The summed E-state index contributed by atoms with van der Waals surface area (Å²) in [5, 5.41) is 2.98. The highest BCUT2D eigenvalue weighted by molar-refractivity contribution is 7.09. The van der Waals surface area contributed by atoms with Crippen molar-refractivity contribution in [3.05, 3.63) is 45.7 Å². The van der Waals surface area contributed by atoms with Gasteiger partial charge in [0.05, 0.1) is 16.3 Å². The van der Waals surface area contributed by atoms with Crippen molar-refractivity contribution < 1.29 is 13.9 Å². The first kappa shape index (κ1) is 13.7. The molecule has 19 heavy (non-hydrogen) atoms. The third kappa shape index (κ3) is 3.38. The number of thiazole rings is 1. The standard InChI is InChI=1S/C14H14FNO2S/c1-9(2)14-16-12(8-19-14)7-18-13-4-3-11(15)5-10(13)6-17/h3-6,8-9H,7H2,1-2H3. The smallest absolute Gasteiger partial charge is 0.153 e. The summed E-state index contributed by atoms with van der Waals surface area (Å²) in [6.07, 6.45) is 0.582. The lowest BCUT2D eigenvalue weighted by atomic mass is 10.2. The summed E-state index contributed by atoms with van der Waals surface area (Å²) in [5.41, 5.74) is 1.02. The molecule has 100 valence electrons. The fraction of sp³-hybridized carbons (Fsp3) is 0.286. The zero-order valence-electron chi connectivity index (χ0n) is 10.7. The molecule has 0 amide bonds. The van der Waals surface area contributed by atoms with Crippen LogP contribution in [0.5, 0.6) is 5.75 Å². The van der Waals surface area contributed by atoms with Crippen LogP contribution in [0.3, 0.4) is 0 Å². The van der Waals surface area contributed by atoms with Crippen molar-refractivity contribution in [3.8, 4) is 5.75 Å². The number of hydrogen-bond acceptors (Lipinski definition) is 4. The molecule has 0 bridgehead atoms. The Hall–Kier alpha value is -1.75. The van der Waals surface area contributed by atoms with E-state index < -0.39 is 5.82 Å². The van der Waals surface area contributed by atoms with Gasteiger partial charge in [0, 0.05) is 11.3 Å². The van der Waals surface area contributed by atoms with E-state index in [-0.39, 0.29) is 12.2 Å². The Balaban J connectivity index is 2.07. The summed E-state index contributed by atoms with van der Waals surface area (Å²) in [6.45, 7) is 4.43. The Morgan fingerprint density at radius 3 is 2.89 bits per heavy atom. The van der Waals surface area contributed by atoms with Crippen molar-refractivity contribution in [1.29, 1.82) is 0 Å². The molecule has 0 aliphatic heterocycles. The van der Waals surface area contributed by atoms with Crippen molar-refractivity contribution >= 4 is 17.6 Å². The second kappa shape index (κ2) is 5.93. The number of hydrogen-bond donors (Lipinski definition) is 0. The molecule has 1 heterocycles. The highest BCUT2D eigenvalue weighted by atomic mass is 32.1. The molecular weight excluding hydrogens is 265 g/mol. The number of halogens is 1. The number of aromatic nitrogens is 1. The van der Waals surface area contributed by atoms with Crippen LogP contribution in [0.2, 0.25) is 0 Å². The van der Waals surface area contributed by atoms with Crippen molar-refractivity contribution in [2.45, 2.75) is 26.4 Å². The monoisotopic (exact) mass is 279 g/mol. The van der Waals surface area contributed by atoms with E-state index in [0.717, 1.165) is 16.8 Å². The number of carbonyl (C=O) groups excluding carboxylic acids is 1. The van der Waals surface area contributed by atoms with Gasteiger partial charge in [0.2, 0.25) is 0 Å². The SMILES string of the molecule is CC(C)c1nc(COc2ccc(F)cc2C=O)cs1. The Morgan fingerprint density at radius 1 is 1.47 bits per heavy atom. The Labute approximate surface area is 115 Å². The van der Waals surface area contributed by atoms with Crippen molar-refractivity contribution in [3.63, 3.8) is 0 Å². The van der Waals surface area contributed by atoms with Gasteiger partial charge in [-0.3, -0.25) is 4.79 Å². The summed E-state index contributed by atoms with van der Waals surface area (Å²) in [4.78, 5) is 15.3. The van der Waals surface area contributed by atoms with E-state index in [1.807, 2.05) is 5.38 Å². The molecule has 0 fully saturated rings. The minimum absolute atomic E-state index is 0.208. The third-order valence-corrected chi connectivity index (χ3v) is 3.73. The first-order chi connectivity index (χ1) is 9.10. The summed E-state index contributed by atoms with van der Waals surface area (Å²) in [7, 11) is 0. The topological polar surface area (TPSA) is 39.2 Å². The van der Waals surface area contributed by atoms with E-state index in [2.05, 4.69) is 18.8 Å². The van der Waals surface area contributed by atoms with Crippen LogP contribution in [0.4, 0.5) is 4.39 Å². The number of carbonyl (C=O) groups is 1. The first-order valence-corrected chi connectivity index (χ1v) is 6.80. The van der Waals surface area contributed by atoms with Crippen molar-refractivity contribution in [2.75, 3.05) is 0 Å². The molecule has 1 aromatic carbocycles. The van der Waals surface area contributed by atoms with Crippen molar-refractivity contribution in [1.82, 2.24) is 4.98 Å². The highest BCUT2D eigenvalue weighted by Gasteiger charge is 2.08. The molecule has 0 aliphatic rings. The fourth-order valence-corrected chi connectivity index (χ4v) is 2.37. The molecule has 5 heteroatoms. The fourth-order valence-electron chi connectivity index (χ4n) is 1.55. The Kier molecular flexibility index (Phi) is 4.27. The maximum absolute atomic E-state index is 13.0. The normalized spacial score (nSPS) is 10.7. The molecule has 0 N–H and O–H groups in total. The predicted octanol–water partition coefficient (Wildman–Crippen LogP) is 3.80. The van der Waals surface area contributed by atoms with Gasteiger partial charge in [-0.05, 0) is 18.2 Å². The first-order valence-electron chi connectivity index (χ1n) is 5.92. The van der Waals surface area contributed by atoms with Crippen LogP contribution in [0.15, 0.2) is 23.6 Å². The van der Waals surface area contributed by atoms with E-state index in [1.54, 1.807) is 11.3 Å². The molecular formula is C14H14FNO2S. The molecule has 0 saturated heterocycles. The molecule has 0 unspecified atom stereocenters. The van der Waals surface area contributed by atoms with Crippen LogP contribution in [-0.4, -0.2) is 11.3 Å². The number of rotatable bonds is 5. The van der Waals surface area contributed by atoms with Gasteiger partial charge in [0.25, 0.3) is 0 Å². The maximum atomic E-state index is 13.0. The quantitative estimate of drug-likeness (QED) is 0.781. The summed E-state index contributed by atoms with van der Waals surface area (Å²) in [6, 6.07) is 3.88. The number of aldehydes is 1.